The van der Waals surface area contributed by atoms with Crippen LogP contribution in [0.5, 0.6) is 0 Å². The molecule has 0 spiro atoms. The average Bonchev–Trinajstić information content (AvgIpc) is 2.82. The first kappa shape index (κ1) is 11.3. The minimum atomic E-state index is -0.459. The summed E-state index contributed by atoms with van der Waals surface area (Å²) in [4.78, 5) is 21.9. The molecule has 0 aliphatic carbocycles. The van der Waals surface area contributed by atoms with Gasteiger partial charge in [-0.05, 0) is 0 Å². The lowest BCUT2D eigenvalue weighted by molar-refractivity contribution is -0.155. The summed E-state index contributed by atoms with van der Waals surface area (Å²) in [5.74, 6) is -0.884. The molecule has 2 aliphatic rings. The van der Waals surface area contributed by atoms with Gasteiger partial charge in [-0.2, -0.15) is 0 Å². The largest absolute Gasteiger partial charge is 0.462 e. The van der Waals surface area contributed by atoms with E-state index in [4.69, 9.17) is 18.9 Å². The molecule has 0 radical (unpaired) electrons. The van der Waals surface area contributed by atoms with Crippen molar-refractivity contribution in [3.63, 3.8) is 0 Å². The second-order valence-electron chi connectivity index (χ2n) is 3.81. The highest BCUT2D eigenvalue weighted by atomic mass is 16.7. The van der Waals surface area contributed by atoms with E-state index in [-0.39, 0.29) is 24.9 Å². The number of carbonyl (C=O) groups excluding carboxylic acids is 2. The highest BCUT2D eigenvalue weighted by Crippen LogP contribution is 2.29. The standard InChI is InChI=1S/C10H14O6/c1-6(11)15-5-8-7(4-9(12)16-8)10-13-2-3-14-10/h7-8,10H,2-5H2,1H3/t7-,8+/m0/s1. The van der Waals surface area contributed by atoms with Gasteiger partial charge in [0.25, 0.3) is 0 Å². The molecule has 0 aromatic carbocycles. The van der Waals surface area contributed by atoms with Crippen molar-refractivity contribution in [3.05, 3.63) is 0 Å². The molecular weight excluding hydrogens is 216 g/mol. The van der Waals surface area contributed by atoms with Crippen molar-refractivity contribution >= 4 is 11.9 Å². The number of hydrogen-bond donors (Lipinski definition) is 0. The zero-order valence-corrected chi connectivity index (χ0v) is 9.01. The van der Waals surface area contributed by atoms with Crippen molar-refractivity contribution < 1.29 is 28.5 Å². The van der Waals surface area contributed by atoms with E-state index < -0.39 is 18.4 Å². The molecular formula is C10H14O6. The molecule has 2 aliphatic heterocycles. The fraction of sp³-hybridized carbons (Fsp3) is 0.800. The van der Waals surface area contributed by atoms with Crippen LogP contribution in [0.4, 0.5) is 0 Å². The maximum atomic E-state index is 11.2. The van der Waals surface area contributed by atoms with Gasteiger partial charge in [0, 0.05) is 6.92 Å². The second kappa shape index (κ2) is 4.80. The molecule has 2 fully saturated rings. The van der Waals surface area contributed by atoms with E-state index in [2.05, 4.69) is 0 Å². The fourth-order valence-corrected chi connectivity index (χ4v) is 1.88. The summed E-state index contributed by atoms with van der Waals surface area (Å²) in [6.45, 7) is 2.43. The first-order chi connectivity index (χ1) is 7.66. The molecule has 2 heterocycles. The lowest BCUT2D eigenvalue weighted by Gasteiger charge is -2.21. The van der Waals surface area contributed by atoms with Crippen LogP contribution >= 0.6 is 0 Å². The van der Waals surface area contributed by atoms with Crippen molar-refractivity contribution in [2.24, 2.45) is 5.92 Å². The fourth-order valence-electron chi connectivity index (χ4n) is 1.88. The minimum absolute atomic E-state index is 0.0644. The molecule has 2 atom stereocenters. The lowest BCUT2D eigenvalue weighted by atomic mass is 10.0. The van der Waals surface area contributed by atoms with Gasteiger partial charge in [-0.15, -0.1) is 0 Å². The Bertz CT molecular complexity index is 283. The molecule has 0 N–H and O–H groups in total. The smallest absolute Gasteiger partial charge is 0.306 e. The monoisotopic (exact) mass is 230 g/mol. The lowest BCUT2D eigenvalue weighted by Crippen LogP contribution is -2.32. The zero-order chi connectivity index (χ0) is 11.5. The van der Waals surface area contributed by atoms with Crippen molar-refractivity contribution in [2.45, 2.75) is 25.7 Å². The summed E-state index contributed by atoms with van der Waals surface area (Å²) in [6.07, 6.45) is -0.636. The molecule has 6 heteroatoms. The Morgan fingerprint density at radius 2 is 2.12 bits per heavy atom. The Morgan fingerprint density at radius 3 is 2.75 bits per heavy atom. The molecule has 0 saturated carbocycles. The zero-order valence-electron chi connectivity index (χ0n) is 9.01. The van der Waals surface area contributed by atoms with Gasteiger partial charge < -0.3 is 18.9 Å². The third-order valence-electron chi connectivity index (χ3n) is 2.61. The van der Waals surface area contributed by atoms with Gasteiger partial charge >= 0.3 is 11.9 Å². The van der Waals surface area contributed by atoms with Gasteiger partial charge in [0.15, 0.2) is 6.29 Å². The summed E-state index contributed by atoms with van der Waals surface area (Å²) >= 11 is 0. The van der Waals surface area contributed by atoms with Crippen LogP contribution in [-0.4, -0.2) is 44.2 Å². The van der Waals surface area contributed by atoms with Crippen molar-refractivity contribution in [1.29, 1.82) is 0 Å². The average molecular weight is 230 g/mol. The Labute approximate surface area is 92.8 Å². The Morgan fingerprint density at radius 1 is 1.44 bits per heavy atom. The highest BCUT2D eigenvalue weighted by Gasteiger charge is 2.43. The predicted molar refractivity (Wildman–Crippen MR) is 50.3 cm³/mol. The van der Waals surface area contributed by atoms with Crippen LogP contribution in [0.2, 0.25) is 0 Å². The van der Waals surface area contributed by atoms with Gasteiger partial charge in [-0.25, -0.2) is 0 Å². The first-order valence-electron chi connectivity index (χ1n) is 5.23. The summed E-state index contributed by atoms with van der Waals surface area (Å²) in [5, 5.41) is 0. The summed E-state index contributed by atoms with van der Waals surface area (Å²) in [7, 11) is 0. The normalized spacial score (nSPS) is 30.4. The van der Waals surface area contributed by atoms with Crippen LogP contribution < -0.4 is 0 Å². The van der Waals surface area contributed by atoms with E-state index in [9.17, 15) is 9.59 Å². The molecule has 6 nitrogen and oxygen atoms in total. The van der Waals surface area contributed by atoms with Crippen molar-refractivity contribution in [2.75, 3.05) is 19.8 Å². The SMILES string of the molecule is CC(=O)OC[C@H]1OC(=O)C[C@@H]1C1OCCO1. The van der Waals surface area contributed by atoms with E-state index in [1.807, 2.05) is 0 Å². The minimum Gasteiger partial charge on any atom is -0.462 e. The molecule has 2 saturated heterocycles. The van der Waals surface area contributed by atoms with E-state index in [0.717, 1.165) is 0 Å². The highest BCUT2D eigenvalue weighted by molar-refractivity contribution is 5.72. The third kappa shape index (κ3) is 2.51. The van der Waals surface area contributed by atoms with Crippen LogP contribution in [-0.2, 0) is 28.5 Å². The molecule has 0 unspecified atom stereocenters. The molecule has 0 bridgehead atoms. The van der Waals surface area contributed by atoms with E-state index in [1.165, 1.54) is 6.92 Å². The number of esters is 2. The van der Waals surface area contributed by atoms with E-state index in [0.29, 0.717) is 13.2 Å². The molecule has 0 aromatic heterocycles. The van der Waals surface area contributed by atoms with E-state index >= 15 is 0 Å². The quantitative estimate of drug-likeness (QED) is 0.628. The molecule has 0 aromatic rings. The number of cyclic esters (lactones) is 1. The van der Waals surface area contributed by atoms with Crippen LogP contribution in [0, 0.1) is 5.92 Å². The number of carbonyl (C=O) groups is 2. The van der Waals surface area contributed by atoms with Crippen LogP contribution in [0.3, 0.4) is 0 Å². The van der Waals surface area contributed by atoms with Gasteiger partial charge in [0.2, 0.25) is 0 Å². The van der Waals surface area contributed by atoms with E-state index in [1.54, 1.807) is 0 Å². The molecule has 0 amide bonds. The first-order valence-corrected chi connectivity index (χ1v) is 5.23. The maximum Gasteiger partial charge on any atom is 0.306 e. The van der Waals surface area contributed by atoms with Crippen LogP contribution in [0.25, 0.3) is 0 Å². The Balaban J connectivity index is 1.92. The Hall–Kier alpha value is -1.14. The van der Waals surface area contributed by atoms with Gasteiger partial charge in [-0.1, -0.05) is 0 Å². The summed E-state index contributed by atoms with van der Waals surface area (Å²) in [5.41, 5.74) is 0. The topological polar surface area (TPSA) is 71.1 Å². The summed E-state index contributed by atoms with van der Waals surface area (Å²) < 4.78 is 20.6. The van der Waals surface area contributed by atoms with Gasteiger partial charge in [0.05, 0.1) is 25.6 Å². The predicted octanol–water partition coefficient (Wildman–Crippen LogP) is -0.146. The molecule has 16 heavy (non-hydrogen) atoms. The number of ether oxygens (including phenoxy) is 4. The number of hydrogen-bond acceptors (Lipinski definition) is 6. The van der Waals surface area contributed by atoms with Crippen molar-refractivity contribution in [3.8, 4) is 0 Å². The van der Waals surface area contributed by atoms with Gasteiger partial charge in [-0.3, -0.25) is 9.59 Å². The number of rotatable bonds is 3. The van der Waals surface area contributed by atoms with Crippen LogP contribution in [0.15, 0.2) is 0 Å². The maximum absolute atomic E-state index is 11.2. The molecule has 90 valence electrons. The third-order valence-corrected chi connectivity index (χ3v) is 2.61. The Kier molecular flexibility index (Phi) is 3.40. The van der Waals surface area contributed by atoms with Gasteiger partial charge in [0.1, 0.15) is 12.7 Å². The molecule has 2 rings (SSSR count). The summed E-state index contributed by atoms with van der Waals surface area (Å²) in [6, 6.07) is 0. The van der Waals surface area contributed by atoms with Crippen molar-refractivity contribution in [1.82, 2.24) is 0 Å². The van der Waals surface area contributed by atoms with Crippen LogP contribution in [0.1, 0.15) is 13.3 Å². The second-order valence-corrected chi connectivity index (χ2v) is 3.81.